The number of ether oxygens (including phenoxy) is 1. The first-order valence-electron chi connectivity index (χ1n) is 5.65. The molecule has 0 aromatic rings. The van der Waals surface area contributed by atoms with Crippen molar-refractivity contribution in [3.8, 4) is 0 Å². The van der Waals surface area contributed by atoms with Gasteiger partial charge in [0.25, 0.3) is 0 Å². The molecule has 0 spiro atoms. The molecule has 88 valence electrons. The Morgan fingerprint density at radius 2 is 2.33 bits per heavy atom. The van der Waals surface area contributed by atoms with Gasteiger partial charge in [-0.25, -0.2) is 0 Å². The van der Waals surface area contributed by atoms with E-state index in [-0.39, 0.29) is 11.9 Å². The van der Waals surface area contributed by atoms with Gasteiger partial charge >= 0.3 is 0 Å². The molecular weight excluding hydrogens is 192 g/mol. The molecule has 1 saturated heterocycles. The Balaban J connectivity index is 2.11. The first kappa shape index (κ1) is 12.5. The van der Waals surface area contributed by atoms with Crippen molar-refractivity contribution in [3.05, 3.63) is 0 Å². The van der Waals surface area contributed by atoms with Crippen molar-refractivity contribution in [1.29, 1.82) is 0 Å². The van der Waals surface area contributed by atoms with E-state index in [1.165, 1.54) is 0 Å². The third-order valence-corrected chi connectivity index (χ3v) is 2.90. The predicted octanol–water partition coefficient (Wildman–Crippen LogP) is 0.479. The molecule has 0 aromatic heterocycles. The molecule has 0 radical (unpaired) electrons. The van der Waals surface area contributed by atoms with Gasteiger partial charge in [-0.3, -0.25) is 4.79 Å². The molecule has 1 aliphatic heterocycles. The number of carbonyl (C=O) groups excluding carboxylic acids is 1. The molecule has 1 amide bonds. The van der Waals surface area contributed by atoms with Crippen LogP contribution in [0.1, 0.15) is 20.3 Å². The minimum absolute atomic E-state index is 0.156. The van der Waals surface area contributed by atoms with E-state index in [0.29, 0.717) is 12.5 Å². The van der Waals surface area contributed by atoms with Gasteiger partial charge in [-0.15, -0.1) is 0 Å². The van der Waals surface area contributed by atoms with E-state index < -0.39 is 0 Å². The van der Waals surface area contributed by atoms with E-state index in [4.69, 9.17) is 4.74 Å². The Morgan fingerprint density at radius 1 is 1.60 bits per heavy atom. The molecule has 15 heavy (non-hydrogen) atoms. The largest absolute Gasteiger partial charge is 0.381 e. The Hall–Kier alpha value is -0.610. The third kappa shape index (κ3) is 4.18. The summed E-state index contributed by atoms with van der Waals surface area (Å²) in [4.78, 5) is 13.4. The average Bonchev–Trinajstić information content (AvgIpc) is 2.69. The zero-order chi connectivity index (χ0) is 11.3. The minimum atomic E-state index is 0.156. The van der Waals surface area contributed by atoms with Crippen molar-refractivity contribution in [1.82, 2.24) is 10.2 Å². The van der Waals surface area contributed by atoms with Crippen LogP contribution < -0.4 is 5.32 Å². The zero-order valence-corrected chi connectivity index (χ0v) is 9.95. The summed E-state index contributed by atoms with van der Waals surface area (Å²) in [5.41, 5.74) is 0. The Kier molecular flexibility index (Phi) is 5.05. The number of hydrogen-bond donors (Lipinski definition) is 1. The second-order valence-electron chi connectivity index (χ2n) is 4.46. The van der Waals surface area contributed by atoms with Gasteiger partial charge in [0.15, 0.2) is 0 Å². The average molecular weight is 214 g/mol. The number of amides is 1. The lowest BCUT2D eigenvalue weighted by atomic mass is 10.1. The van der Waals surface area contributed by atoms with E-state index >= 15 is 0 Å². The van der Waals surface area contributed by atoms with Crippen molar-refractivity contribution in [2.24, 2.45) is 5.92 Å². The van der Waals surface area contributed by atoms with E-state index in [1.807, 2.05) is 20.9 Å². The van der Waals surface area contributed by atoms with Crippen molar-refractivity contribution in [3.63, 3.8) is 0 Å². The van der Waals surface area contributed by atoms with Crippen molar-refractivity contribution in [2.45, 2.75) is 26.3 Å². The highest BCUT2D eigenvalue weighted by Crippen LogP contribution is 2.10. The maximum atomic E-state index is 11.6. The smallest absolute Gasteiger partial charge is 0.236 e. The normalized spacial score (nSPS) is 20.9. The van der Waals surface area contributed by atoms with Gasteiger partial charge in [-0.05, 0) is 26.2 Å². The Bertz CT molecular complexity index is 201. The number of hydrogen-bond acceptors (Lipinski definition) is 3. The van der Waals surface area contributed by atoms with Crippen LogP contribution in [0.5, 0.6) is 0 Å². The van der Waals surface area contributed by atoms with Crippen molar-refractivity contribution >= 4 is 5.91 Å². The maximum Gasteiger partial charge on any atom is 0.236 e. The van der Waals surface area contributed by atoms with E-state index in [1.54, 1.807) is 4.90 Å². The molecule has 1 aliphatic rings. The molecule has 1 N–H and O–H groups in total. The number of likely N-dealkylation sites (N-methyl/N-ethyl adjacent to an activating group) is 1. The molecule has 4 nitrogen and oxygen atoms in total. The van der Waals surface area contributed by atoms with Crippen LogP contribution in [-0.4, -0.2) is 50.2 Å². The molecule has 1 atom stereocenters. The van der Waals surface area contributed by atoms with Gasteiger partial charge in [0.1, 0.15) is 0 Å². The number of nitrogens with zero attached hydrogens (tertiary/aromatic N) is 1. The number of carbonyl (C=O) groups is 1. The highest BCUT2D eigenvalue weighted by Gasteiger charge is 2.16. The molecule has 0 bridgehead atoms. The zero-order valence-electron chi connectivity index (χ0n) is 9.95. The van der Waals surface area contributed by atoms with Gasteiger partial charge in [-0.1, -0.05) is 0 Å². The highest BCUT2D eigenvalue weighted by molar-refractivity contribution is 5.78. The fraction of sp³-hybridized carbons (Fsp3) is 0.909. The van der Waals surface area contributed by atoms with Crippen LogP contribution >= 0.6 is 0 Å². The van der Waals surface area contributed by atoms with Gasteiger partial charge < -0.3 is 15.0 Å². The van der Waals surface area contributed by atoms with E-state index in [9.17, 15) is 4.79 Å². The molecular formula is C11H22N2O2. The van der Waals surface area contributed by atoms with Gasteiger partial charge in [0, 0.05) is 26.2 Å². The second kappa shape index (κ2) is 6.08. The number of nitrogens with one attached hydrogen (secondary N) is 1. The molecule has 0 saturated carbocycles. The van der Waals surface area contributed by atoms with Gasteiger partial charge in [0.2, 0.25) is 5.91 Å². The monoisotopic (exact) mass is 214 g/mol. The topological polar surface area (TPSA) is 41.6 Å². The summed E-state index contributed by atoms with van der Waals surface area (Å²) in [6.07, 6.45) is 1.11. The number of rotatable bonds is 5. The van der Waals surface area contributed by atoms with Crippen LogP contribution in [0.3, 0.4) is 0 Å². The van der Waals surface area contributed by atoms with Crippen LogP contribution in [0.4, 0.5) is 0 Å². The summed E-state index contributed by atoms with van der Waals surface area (Å²) in [5.74, 6) is 0.742. The SMILES string of the molecule is CC(C)N(C)C(=O)CNCC1CCOC1. The summed E-state index contributed by atoms with van der Waals surface area (Å²) in [6.45, 7) is 7.06. The molecule has 1 fully saturated rings. The summed E-state index contributed by atoms with van der Waals surface area (Å²) >= 11 is 0. The first-order valence-corrected chi connectivity index (χ1v) is 5.65. The van der Waals surface area contributed by atoms with Crippen LogP contribution in [0, 0.1) is 5.92 Å². The highest BCUT2D eigenvalue weighted by atomic mass is 16.5. The van der Waals surface area contributed by atoms with Crippen LogP contribution in [0.25, 0.3) is 0 Å². The van der Waals surface area contributed by atoms with Crippen LogP contribution in [0.2, 0.25) is 0 Å². The van der Waals surface area contributed by atoms with Crippen LogP contribution in [0.15, 0.2) is 0 Å². The molecule has 0 aliphatic carbocycles. The van der Waals surface area contributed by atoms with E-state index in [0.717, 1.165) is 26.2 Å². The van der Waals surface area contributed by atoms with E-state index in [2.05, 4.69) is 5.32 Å². The minimum Gasteiger partial charge on any atom is -0.381 e. The third-order valence-electron chi connectivity index (χ3n) is 2.90. The lowest BCUT2D eigenvalue weighted by Gasteiger charge is -2.21. The van der Waals surface area contributed by atoms with Gasteiger partial charge in [-0.2, -0.15) is 0 Å². The molecule has 1 rings (SSSR count). The Morgan fingerprint density at radius 3 is 2.87 bits per heavy atom. The first-order chi connectivity index (χ1) is 7.11. The van der Waals surface area contributed by atoms with Crippen molar-refractivity contribution in [2.75, 3.05) is 33.4 Å². The maximum absolute atomic E-state index is 11.6. The fourth-order valence-corrected chi connectivity index (χ4v) is 1.54. The Labute approximate surface area is 92.0 Å². The summed E-state index contributed by atoms with van der Waals surface area (Å²) in [5, 5.41) is 3.19. The summed E-state index contributed by atoms with van der Waals surface area (Å²) in [6, 6.07) is 0.272. The van der Waals surface area contributed by atoms with Crippen molar-refractivity contribution < 1.29 is 9.53 Å². The quantitative estimate of drug-likeness (QED) is 0.724. The second-order valence-corrected chi connectivity index (χ2v) is 4.46. The molecule has 4 heteroatoms. The molecule has 0 aromatic carbocycles. The fourth-order valence-electron chi connectivity index (χ4n) is 1.54. The van der Waals surface area contributed by atoms with Crippen LogP contribution in [-0.2, 0) is 9.53 Å². The molecule has 1 unspecified atom stereocenters. The molecule has 1 heterocycles. The predicted molar refractivity (Wildman–Crippen MR) is 59.7 cm³/mol. The summed E-state index contributed by atoms with van der Waals surface area (Å²) < 4.78 is 5.26. The standard InChI is InChI=1S/C11H22N2O2/c1-9(2)13(3)11(14)7-12-6-10-4-5-15-8-10/h9-10,12H,4-8H2,1-3H3. The van der Waals surface area contributed by atoms with Gasteiger partial charge in [0.05, 0.1) is 13.2 Å². The summed E-state index contributed by atoms with van der Waals surface area (Å²) in [7, 11) is 1.84. The lowest BCUT2D eigenvalue weighted by molar-refractivity contribution is -0.130. The lowest BCUT2D eigenvalue weighted by Crippen LogP contribution is -2.40.